The fourth-order valence-electron chi connectivity index (χ4n) is 4.81. The van der Waals surface area contributed by atoms with Crippen molar-refractivity contribution in [1.29, 1.82) is 5.26 Å². The van der Waals surface area contributed by atoms with Crippen molar-refractivity contribution in [3.05, 3.63) is 82.6 Å². The zero-order chi connectivity index (χ0) is 27.2. The van der Waals surface area contributed by atoms with E-state index in [1.165, 1.54) is 24.6 Å². The highest BCUT2D eigenvalue weighted by Gasteiger charge is 2.35. The predicted molar refractivity (Wildman–Crippen MR) is 139 cm³/mol. The number of nitrogens with one attached hydrogen (secondary N) is 3. The van der Waals surface area contributed by atoms with E-state index in [0.29, 0.717) is 24.8 Å². The van der Waals surface area contributed by atoms with Crippen LogP contribution in [-0.2, 0) is 22.2 Å². The molecule has 0 saturated heterocycles. The number of amides is 1. The SMILES string of the molecule is CC(=O)NC(Cc1cc(F)cc(F)c1)C(O)CNC1(c2cccc(C(C)(C)C)c2)CC=C(NC#N)CC1. The van der Waals surface area contributed by atoms with Crippen LogP contribution in [0.25, 0.3) is 0 Å². The van der Waals surface area contributed by atoms with Gasteiger partial charge in [0.2, 0.25) is 5.91 Å². The van der Waals surface area contributed by atoms with E-state index < -0.39 is 29.3 Å². The van der Waals surface area contributed by atoms with Crippen molar-refractivity contribution >= 4 is 5.91 Å². The second-order valence-corrected chi connectivity index (χ2v) is 10.8. The first-order chi connectivity index (χ1) is 17.4. The van der Waals surface area contributed by atoms with Crippen LogP contribution < -0.4 is 16.0 Å². The van der Waals surface area contributed by atoms with Crippen molar-refractivity contribution in [2.24, 2.45) is 0 Å². The number of halogens is 2. The van der Waals surface area contributed by atoms with Gasteiger partial charge in [-0.3, -0.25) is 10.1 Å². The normalized spacial score (nSPS) is 19.4. The number of allylic oxidation sites excluding steroid dienone is 1. The number of aliphatic hydroxyl groups is 1. The molecule has 0 bridgehead atoms. The van der Waals surface area contributed by atoms with Gasteiger partial charge in [0.1, 0.15) is 11.6 Å². The second kappa shape index (κ2) is 11.8. The molecule has 6 nitrogen and oxygen atoms in total. The van der Waals surface area contributed by atoms with Gasteiger partial charge in [0.25, 0.3) is 0 Å². The molecule has 198 valence electrons. The molecule has 1 aliphatic carbocycles. The molecule has 1 aliphatic rings. The van der Waals surface area contributed by atoms with E-state index in [9.17, 15) is 18.7 Å². The minimum Gasteiger partial charge on any atom is -0.390 e. The van der Waals surface area contributed by atoms with Gasteiger partial charge in [-0.2, -0.15) is 5.26 Å². The van der Waals surface area contributed by atoms with Crippen LogP contribution in [0.3, 0.4) is 0 Å². The molecule has 0 spiro atoms. The fraction of sp³-hybridized carbons (Fsp3) is 0.448. The summed E-state index contributed by atoms with van der Waals surface area (Å²) in [6.07, 6.45) is 4.94. The van der Waals surface area contributed by atoms with Crippen LogP contribution in [-0.4, -0.2) is 29.7 Å². The van der Waals surface area contributed by atoms with Gasteiger partial charge in [0.05, 0.1) is 12.1 Å². The number of rotatable bonds is 9. The van der Waals surface area contributed by atoms with Gasteiger partial charge >= 0.3 is 0 Å². The Bertz CT molecular complexity index is 1160. The molecule has 8 heteroatoms. The van der Waals surface area contributed by atoms with Crippen LogP contribution in [0.15, 0.2) is 54.2 Å². The molecule has 2 aromatic rings. The lowest BCUT2D eigenvalue weighted by atomic mass is 9.76. The van der Waals surface area contributed by atoms with E-state index in [4.69, 9.17) is 5.26 Å². The van der Waals surface area contributed by atoms with Gasteiger partial charge in [-0.25, -0.2) is 8.78 Å². The van der Waals surface area contributed by atoms with Crippen molar-refractivity contribution in [2.45, 2.75) is 76.5 Å². The average molecular weight is 511 g/mol. The molecule has 0 aliphatic heterocycles. The van der Waals surface area contributed by atoms with Gasteiger partial charge in [0.15, 0.2) is 6.19 Å². The first-order valence-electron chi connectivity index (χ1n) is 12.5. The highest BCUT2D eigenvalue weighted by atomic mass is 19.1. The Kier molecular flexibility index (Phi) is 9.06. The molecule has 4 N–H and O–H groups in total. The zero-order valence-corrected chi connectivity index (χ0v) is 21.9. The highest BCUT2D eigenvalue weighted by Crippen LogP contribution is 2.37. The minimum atomic E-state index is -1.03. The molecule has 3 rings (SSSR count). The summed E-state index contributed by atoms with van der Waals surface area (Å²) in [7, 11) is 0. The Hall–Kier alpha value is -3.28. The largest absolute Gasteiger partial charge is 0.390 e. The van der Waals surface area contributed by atoms with Gasteiger partial charge in [-0.15, -0.1) is 0 Å². The van der Waals surface area contributed by atoms with Crippen LogP contribution in [0, 0.1) is 23.1 Å². The van der Waals surface area contributed by atoms with E-state index in [1.54, 1.807) is 0 Å². The van der Waals surface area contributed by atoms with Crippen molar-refractivity contribution < 1.29 is 18.7 Å². The van der Waals surface area contributed by atoms with Crippen LogP contribution in [0.2, 0.25) is 0 Å². The molecule has 0 saturated carbocycles. The van der Waals surface area contributed by atoms with E-state index in [2.05, 4.69) is 54.9 Å². The topological polar surface area (TPSA) is 97.2 Å². The number of aliphatic hydroxyl groups excluding tert-OH is 1. The lowest BCUT2D eigenvalue weighted by Gasteiger charge is -2.40. The number of nitriles is 1. The molecular weight excluding hydrogens is 474 g/mol. The van der Waals surface area contributed by atoms with Crippen LogP contribution in [0.5, 0.6) is 0 Å². The summed E-state index contributed by atoms with van der Waals surface area (Å²) in [5, 5.41) is 29.2. The standard InChI is InChI=1S/C29H36F2N4O2/c1-19(36)35-26(14-20-12-23(30)16-24(31)13-20)27(37)17-34-29(10-8-25(9-11-29)33-18-32)22-7-5-6-21(15-22)28(2,3)4/h5-8,12-13,15-16,26-27,33-34,37H,9-11,14,17H2,1-4H3,(H,35,36). The lowest BCUT2D eigenvalue weighted by Crippen LogP contribution is -2.53. The number of hydrogen-bond donors (Lipinski definition) is 4. The van der Waals surface area contributed by atoms with Gasteiger partial charge in [-0.05, 0) is 59.9 Å². The third-order valence-corrected chi connectivity index (χ3v) is 6.90. The van der Waals surface area contributed by atoms with Crippen LogP contribution >= 0.6 is 0 Å². The summed E-state index contributed by atoms with van der Waals surface area (Å²) in [6, 6.07) is 10.8. The maximum atomic E-state index is 13.7. The van der Waals surface area contributed by atoms with Gasteiger partial charge < -0.3 is 15.7 Å². The molecule has 0 aromatic heterocycles. The number of carbonyl (C=O) groups is 1. The fourth-order valence-corrected chi connectivity index (χ4v) is 4.81. The number of benzene rings is 2. The molecule has 0 fully saturated rings. The molecule has 3 atom stereocenters. The Balaban J connectivity index is 1.86. The summed E-state index contributed by atoms with van der Waals surface area (Å²) >= 11 is 0. The Labute approximate surface area is 217 Å². The highest BCUT2D eigenvalue weighted by molar-refractivity contribution is 5.73. The molecule has 0 heterocycles. The monoisotopic (exact) mass is 510 g/mol. The Morgan fingerprint density at radius 3 is 2.46 bits per heavy atom. The Morgan fingerprint density at radius 2 is 1.89 bits per heavy atom. The third-order valence-electron chi connectivity index (χ3n) is 6.90. The molecule has 2 aromatic carbocycles. The van der Waals surface area contributed by atoms with Crippen molar-refractivity contribution in [1.82, 2.24) is 16.0 Å². The summed E-state index contributed by atoms with van der Waals surface area (Å²) in [6.45, 7) is 7.93. The van der Waals surface area contributed by atoms with E-state index in [-0.39, 0.29) is 24.3 Å². The predicted octanol–water partition coefficient (Wildman–Crippen LogP) is 4.29. The number of hydrogen-bond acceptors (Lipinski definition) is 5. The van der Waals surface area contributed by atoms with E-state index >= 15 is 0 Å². The summed E-state index contributed by atoms with van der Waals surface area (Å²) in [5.41, 5.74) is 2.90. The third kappa shape index (κ3) is 7.61. The van der Waals surface area contributed by atoms with Crippen molar-refractivity contribution in [3.8, 4) is 6.19 Å². The minimum absolute atomic E-state index is 0.0501. The van der Waals surface area contributed by atoms with E-state index in [0.717, 1.165) is 17.3 Å². The molecular formula is C29H36F2N4O2. The maximum absolute atomic E-state index is 13.7. The lowest BCUT2D eigenvalue weighted by molar-refractivity contribution is -0.120. The molecule has 0 radical (unpaired) electrons. The van der Waals surface area contributed by atoms with Crippen molar-refractivity contribution in [2.75, 3.05) is 6.54 Å². The van der Waals surface area contributed by atoms with E-state index in [1.807, 2.05) is 18.3 Å². The van der Waals surface area contributed by atoms with Crippen LogP contribution in [0.1, 0.15) is 63.6 Å². The Morgan fingerprint density at radius 1 is 1.19 bits per heavy atom. The van der Waals surface area contributed by atoms with Gasteiger partial charge in [0, 0.05) is 30.8 Å². The zero-order valence-electron chi connectivity index (χ0n) is 21.9. The quantitative estimate of drug-likeness (QED) is 0.298. The smallest absolute Gasteiger partial charge is 0.217 e. The summed E-state index contributed by atoms with van der Waals surface area (Å²) in [4.78, 5) is 11.9. The first kappa shape index (κ1) is 28.3. The molecule has 1 amide bonds. The summed E-state index contributed by atoms with van der Waals surface area (Å²) < 4.78 is 27.5. The molecule has 3 unspecified atom stereocenters. The number of carbonyl (C=O) groups excluding carboxylic acids is 1. The first-order valence-corrected chi connectivity index (χ1v) is 12.5. The second-order valence-electron chi connectivity index (χ2n) is 10.8. The summed E-state index contributed by atoms with van der Waals surface area (Å²) in [5.74, 6) is -1.77. The van der Waals surface area contributed by atoms with Gasteiger partial charge in [-0.1, -0.05) is 51.1 Å². The maximum Gasteiger partial charge on any atom is 0.217 e. The number of nitrogens with zero attached hydrogens (tertiary/aromatic N) is 1. The van der Waals surface area contributed by atoms with Crippen molar-refractivity contribution in [3.63, 3.8) is 0 Å². The molecule has 37 heavy (non-hydrogen) atoms. The van der Waals surface area contributed by atoms with Crippen LogP contribution in [0.4, 0.5) is 8.78 Å². The average Bonchev–Trinajstić information content (AvgIpc) is 2.82.